The second kappa shape index (κ2) is 12.5. The molecule has 0 saturated carbocycles. The zero-order valence-electron chi connectivity index (χ0n) is 32.2. The molecule has 0 saturated heterocycles. The fourth-order valence-corrected chi connectivity index (χ4v) is 10.7. The van der Waals surface area contributed by atoms with Gasteiger partial charge in [0.25, 0.3) is 5.82 Å². The molecule has 2 aliphatic heterocycles. The number of furan rings is 1. The average molecular weight is 740 g/mol. The molecule has 0 radical (unpaired) electrons. The van der Waals surface area contributed by atoms with Crippen molar-refractivity contribution in [2.24, 2.45) is 0 Å². The van der Waals surface area contributed by atoms with E-state index in [4.69, 9.17) is 11.0 Å². The number of hydrogen-bond donors (Lipinski definition) is 0. The number of halogens is 1. The topological polar surface area (TPSA) is 25.8 Å². The number of fused-ring (bicyclic) bond motifs is 15. The van der Waals surface area contributed by atoms with Gasteiger partial charge < -0.3 is 4.42 Å². The van der Waals surface area contributed by atoms with E-state index < -0.39 is 8.07 Å². The van der Waals surface area contributed by atoms with Crippen LogP contribution in [-0.2, 0) is 6.42 Å². The largest absolute Gasteiger partial charge is 0.455 e. The van der Waals surface area contributed by atoms with E-state index in [1.807, 2.05) is 12.1 Å². The van der Waals surface area contributed by atoms with Gasteiger partial charge in [0.1, 0.15) is 22.7 Å². The maximum atomic E-state index is 13.9. The van der Waals surface area contributed by atoms with Gasteiger partial charge in [-0.2, -0.15) is 9.13 Å². The lowest BCUT2D eigenvalue weighted by Crippen LogP contribution is -2.53. The summed E-state index contributed by atoms with van der Waals surface area (Å²) >= 11 is 0. The summed E-state index contributed by atoms with van der Waals surface area (Å²) in [5, 5.41) is 3.61. The summed E-state index contributed by atoms with van der Waals surface area (Å²) in [6, 6.07) is 40.7. The van der Waals surface area contributed by atoms with Crippen molar-refractivity contribution in [1.29, 1.82) is 0 Å². The predicted octanol–water partition coefficient (Wildman–Crippen LogP) is 11.5. The number of para-hydroxylation sites is 2. The van der Waals surface area contributed by atoms with Crippen LogP contribution in [0.1, 0.15) is 55.8 Å². The van der Waals surface area contributed by atoms with Crippen molar-refractivity contribution in [2.45, 2.75) is 70.8 Å². The van der Waals surface area contributed by atoms with Crippen molar-refractivity contribution in [3.8, 4) is 33.8 Å². The van der Waals surface area contributed by atoms with Crippen LogP contribution in [0.3, 0.4) is 0 Å². The molecule has 4 nitrogen and oxygen atoms in total. The molecule has 0 spiro atoms. The Kier molecular flexibility index (Phi) is 7.69. The van der Waals surface area contributed by atoms with Crippen LogP contribution in [-0.4, -0.2) is 12.6 Å². The van der Waals surface area contributed by atoms with Crippen LogP contribution < -0.4 is 14.3 Å². The van der Waals surface area contributed by atoms with E-state index in [2.05, 4.69) is 144 Å². The molecule has 0 amide bonds. The summed E-state index contributed by atoms with van der Waals surface area (Å²) in [4.78, 5) is 0. The molecule has 0 fully saturated rings. The molecule has 0 aliphatic carbocycles. The summed E-state index contributed by atoms with van der Waals surface area (Å²) in [5.74, 6) is 1.18. The molecule has 5 heterocycles. The summed E-state index contributed by atoms with van der Waals surface area (Å²) in [5.41, 5.74) is 13.6. The van der Waals surface area contributed by atoms with Crippen LogP contribution in [0.25, 0.3) is 72.4 Å². The standard InChI is InChI=1S/C49H46FN3OSi/c1-30(2)52-43-13-9-10-14-44(43)53-31(3)27-45-39(37-11-7-8-12-38(37)42-25-22-36(29-51(42)45)55(4,5)6)23-17-33-18-24-40-41-28-34(32-15-20-35(50)21-16-32)19-26-46(41)54-48(40)47(33)49(52)53/h7-16,18-22,24-26,28-30,39,45H,3,17,23,27H2,1-2,4-6H3/q+2. The van der Waals surface area contributed by atoms with E-state index in [0.29, 0.717) is 5.92 Å². The van der Waals surface area contributed by atoms with Gasteiger partial charge in [-0.25, -0.2) is 8.96 Å². The fraction of sp³-hybridized carbons (Fsp3) is 0.224. The van der Waals surface area contributed by atoms with E-state index in [1.165, 1.54) is 45.2 Å². The highest BCUT2D eigenvalue weighted by atomic mass is 28.3. The van der Waals surface area contributed by atoms with Crippen molar-refractivity contribution in [2.75, 3.05) is 0 Å². The summed E-state index contributed by atoms with van der Waals surface area (Å²) < 4.78 is 28.4. The molecule has 2 aliphatic rings. The lowest BCUT2D eigenvalue weighted by molar-refractivity contribution is -0.719. The Balaban J connectivity index is 1.25. The minimum Gasteiger partial charge on any atom is -0.455 e. The first-order valence-electron chi connectivity index (χ1n) is 19.7. The molecule has 8 aromatic rings. The van der Waals surface area contributed by atoms with Gasteiger partial charge in [-0.05, 0) is 91.4 Å². The number of rotatable bonds is 3. The molecule has 5 aromatic carbocycles. The zero-order valence-corrected chi connectivity index (χ0v) is 33.2. The Hall–Kier alpha value is -5.59. The molecule has 2 atom stereocenters. The van der Waals surface area contributed by atoms with E-state index in [-0.39, 0.29) is 17.9 Å². The van der Waals surface area contributed by atoms with Gasteiger partial charge in [0, 0.05) is 33.5 Å². The average Bonchev–Trinajstić information content (AvgIpc) is 3.73. The quantitative estimate of drug-likeness (QED) is 0.131. The highest BCUT2D eigenvalue weighted by Crippen LogP contribution is 2.47. The third kappa shape index (κ3) is 5.29. The van der Waals surface area contributed by atoms with Crippen molar-refractivity contribution in [3.63, 3.8) is 0 Å². The molecular weight excluding hydrogens is 694 g/mol. The molecular formula is C49H46FN3OSi+2. The van der Waals surface area contributed by atoms with Crippen LogP contribution in [0.4, 0.5) is 4.39 Å². The molecule has 3 aromatic heterocycles. The number of aryl methyl sites for hydroxylation is 1. The number of imidazole rings is 1. The van der Waals surface area contributed by atoms with E-state index >= 15 is 0 Å². The van der Waals surface area contributed by atoms with E-state index in [9.17, 15) is 4.39 Å². The minimum absolute atomic E-state index is 0.179. The first kappa shape index (κ1) is 33.9. The van der Waals surface area contributed by atoms with Crippen molar-refractivity contribution < 1.29 is 17.9 Å². The van der Waals surface area contributed by atoms with Gasteiger partial charge >= 0.3 is 0 Å². The molecule has 2 unspecified atom stereocenters. The van der Waals surface area contributed by atoms with Gasteiger partial charge in [0.2, 0.25) is 5.69 Å². The molecule has 6 heteroatoms. The van der Waals surface area contributed by atoms with Crippen LogP contribution in [0.5, 0.6) is 0 Å². The maximum absolute atomic E-state index is 13.9. The van der Waals surface area contributed by atoms with Crippen LogP contribution >= 0.6 is 0 Å². The summed E-state index contributed by atoms with van der Waals surface area (Å²) in [6.45, 7) is 16.9. The molecule has 10 rings (SSSR count). The lowest BCUT2D eigenvalue weighted by Gasteiger charge is -2.32. The van der Waals surface area contributed by atoms with Crippen LogP contribution in [0.2, 0.25) is 19.6 Å². The SMILES string of the molecule is C=C1CC2C(CCc3ccc4c(oc5ccc(-c6ccc(F)cc6)cc54)c3-c3n(C(C)C)c4ccccc4[n+]31)c1ccccc1-c1ccc([Si](C)(C)C)c[n+]12. The van der Waals surface area contributed by atoms with Gasteiger partial charge in [-0.15, -0.1) is 0 Å². The third-order valence-electron chi connectivity index (χ3n) is 12.3. The minimum atomic E-state index is -1.59. The van der Waals surface area contributed by atoms with Gasteiger partial charge in [-0.1, -0.05) is 93.0 Å². The molecule has 0 bridgehead atoms. The van der Waals surface area contributed by atoms with Gasteiger partial charge in [0.15, 0.2) is 28.9 Å². The Bertz CT molecular complexity index is 2860. The smallest absolute Gasteiger partial charge is 0.299 e. The Morgan fingerprint density at radius 2 is 1.60 bits per heavy atom. The highest BCUT2D eigenvalue weighted by Gasteiger charge is 2.44. The third-order valence-corrected chi connectivity index (χ3v) is 14.3. The highest BCUT2D eigenvalue weighted by molar-refractivity contribution is 6.88. The van der Waals surface area contributed by atoms with Crippen molar-refractivity contribution in [1.82, 2.24) is 4.57 Å². The predicted molar refractivity (Wildman–Crippen MR) is 226 cm³/mol. The first-order valence-corrected chi connectivity index (χ1v) is 23.2. The molecule has 0 N–H and O–H groups in total. The normalized spacial score (nSPS) is 16.9. The second-order valence-corrected chi connectivity index (χ2v) is 22.0. The number of benzene rings is 5. The first-order chi connectivity index (χ1) is 26.6. The van der Waals surface area contributed by atoms with Gasteiger partial charge in [0.05, 0.1) is 20.5 Å². The Morgan fingerprint density at radius 1 is 0.836 bits per heavy atom. The number of hydrogen-bond acceptors (Lipinski definition) is 1. The molecule has 55 heavy (non-hydrogen) atoms. The summed E-state index contributed by atoms with van der Waals surface area (Å²) in [7, 11) is -1.59. The Morgan fingerprint density at radius 3 is 2.40 bits per heavy atom. The number of allylic oxidation sites excluding steroid dienone is 1. The zero-order chi connectivity index (χ0) is 37.7. The maximum Gasteiger partial charge on any atom is 0.299 e. The Labute approximate surface area is 322 Å². The van der Waals surface area contributed by atoms with Crippen molar-refractivity contribution in [3.05, 3.63) is 145 Å². The van der Waals surface area contributed by atoms with Crippen molar-refractivity contribution >= 4 is 51.9 Å². The monoisotopic (exact) mass is 739 g/mol. The van der Waals surface area contributed by atoms with E-state index in [1.54, 1.807) is 0 Å². The number of nitrogens with zero attached hydrogens (tertiary/aromatic N) is 3. The van der Waals surface area contributed by atoms with Gasteiger partial charge in [-0.3, -0.25) is 0 Å². The molecule has 272 valence electrons. The number of aromatic nitrogens is 3. The van der Waals surface area contributed by atoms with Crippen LogP contribution in [0, 0.1) is 5.82 Å². The number of pyridine rings is 1. The second-order valence-electron chi connectivity index (χ2n) is 16.9. The van der Waals surface area contributed by atoms with Crippen LogP contribution in [0.15, 0.2) is 132 Å². The van der Waals surface area contributed by atoms with E-state index in [0.717, 1.165) is 74.9 Å². The summed E-state index contributed by atoms with van der Waals surface area (Å²) in [6.07, 6.45) is 5.19. The lowest BCUT2D eigenvalue weighted by atomic mass is 9.77. The fourth-order valence-electron chi connectivity index (χ4n) is 9.58.